The van der Waals surface area contributed by atoms with Crippen LogP contribution in [0.15, 0.2) is 24.8 Å². The fraction of sp³-hybridized carbons (Fsp3) is 0.429. The lowest BCUT2D eigenvalue weighted by Crippen LogP contribution is -2.10. The van der Waals surface area contributed by atoms with Gasteiger partial charge in [-0.25, -0.2) is 9.59 Å². The number of carbonyl (C=O) groups excluding carboxylic acids is 3. The lowest BCUT2D eigenvalue weighted by molar-refractivity contribution is -0.147. The molecule has 0 rings (SSSR count). The quantitative estimate of drug-likeness (QED) is 0.303. The Bertz CT molecular complexity index is 423. The Kier molecular flexibility index (Phi) is 13.1. The van der Waals surface area contributed by atoms with Crippen molar-refractivity contribution >= 4 is 23.9 Å². The van der Waals surface area contributed by atoms with Crippen LogP contribution in [0.2, 0.25) is 0 Å². The Morgan fingerprint density at radius 2 is 1.41 bits per heavy atom. The van der Waals surface area contributed by atoms with Gasteiger partial charge in [-0.05, 0) is 0 Å². The molecule has 0 saturated carbocycles. The van der Waals surface area contributed by atoms with E-state index < -0.39 is 17.9 Å². The number of hydrogen-bond donors (Lipinski definition) is 1. The first-order valence-electron chi connectivity index (χ1n) is 6.17. The third-order valence-corrected chi connectivity index (χ3v) is 1.81. The van der Waals surface area contributed by atoms with Gasteiger partial charge in [0.25, 0.3) is 0 Å². The van der Waals surface area contributed by atoms with E-state index in [1.54, 1.807) is 0 Å². The second-order valence-corrected chi connectivity index (χ2v) is 3.71. The zero-order chi connectivity index (χ0) is 17.5. The Morgan fingerprint density at radius 1 is 0.955 bits per heavy atom. The van der Waals surface area contributed by atoms with Gasteiger partial charge in [-0.1, -0.05) is 13.2 Å². The van der Waals surface area contributed by atoms with Crippen LogP contribution in [0.4, 0.5) is 0 Å². The average Bonchev–Trinajstić information content (AvgIpc) is 2.43. The SMILES string of the molecule is C=C(CCOC(C)=O)C(=O)O.C=CC(=O)OCCOC(C)=O. The molecule has 0 fully saturated rings. The molecular formula is C14H20O8. The van der Waals surface area contributed by atoms with Gasteiger partial charge in [0.2, 0.25) is 0 Å². The summed E-state index contributed by atoms with van der Waals surface area (Å²) in [6.45, 7) is 9.26. The van der Waals surface area contributed by atoms with E-state index in [1.807, 2.05) is 0 Å². The van der Waals surface area contributed by atoms with Crippen LogP contribution in [-0.2, 0) is 33.4 Å². The number of rotatable bonds is 8. The van der Waals surface area contributed by atoms with Crippen LogP contribution in [0, 0.1) is 0 Å². The van der Waals surface area contributed by atoms with Crippen molar-refractivity contribution in [1.29, 1.82) is 0 Å². The van der Waals surface area contributed by atoms with Crippen LogP contribution in [0.3, 0.4) is 0 Å². The molecule has 8 heteroatoms. The molecule has 0 aromatic rings. The topological polar surface area (TPSA) is 116 Å². The van der Waals surface area contributed by atoms with E-state index in [2.05, 4.69) is 27.4 Å². The number of esters is 3. The van der Waals surface area contributed by atoms with Gasteiger partial charge in [0.15, 0.2) is 0 Å². The van der Waals surface area contributed by atoms with Crippen LogP contribution >= 0.6 is 0 Å². The average molecular weight is 316 g/mol. The summed E-state index contributed by atoms with van der Waals surface area (Å²) in [4.78, 5) is 40.9. The number of ether oxygens (including phenoxy) is 3. The Hall–Kier alpha value is -2.64. The molecule has 0 aliphatic carbocycles. The third-order valence-electron chi connectivity index (χ3n) is 1.81. The van der Waals surface area contributed by atoms with Crippen LogP contribution in [0.25, 0.3) is 0 Å². The van der Waals surface area contributed by atoms with Gasteiger partial charge >= 0.3 is 23.9 Å². The van der Waals surface area contributed by atoms with E-state index in [4.69, 9.17) is 5.11 Å². The molecule has 0 atom stereocenters. The van der Waals surface area contributed by atoms with Crippen LogP contribution in [-0.4, -0.2) is 48.8 Å². The first kappa shape index (κ1) is 21.7. The second kappa shape index (κ2) is 13.3. The van der Waals surface area contributed by atoms with Crippen molar-refractivity contribution in [1.82, 2.24) is 0 Å². The maximum absolute atomic E-state index is 10.4. The first-order chi connectivity index (χ1) is 10.2. The number of carboxylic acid groups (broad SMARTS) is 1. The van der Waals surface area contributed by atoms with Gasteiger partial charge in [-0.3, -0.25) is 9.59 Å². The highest BCUT2D eigenvalue weighted by atomic mass is 16.6. The number of aliphatic carboxylic acids is 1. The summed E-state index contributed by atoms with van der Waals surface area (Å²) in [5.41, 5.74) is 0.0475. The number of hydrogen-bond acceptors (Lipinski definition) is 7. The van der Waals surface area contributed by atoms with Crippen LogP contribution in [0.5, 0.6) is 0 Å². The fourth-order valence-electron chi connectivity index (χ4n) is 0.811. The monoisotopic (exact) mass is 316 g/mol. The van der Waals surface area contributed by atoms with Crippen molar-refractivity contribution in [3.8, 4) is 0 Å². The molecular weight excluding hydrogens is 296 g/mol. The summed E-state index contributed by atoms with van der Waals surface area (Å²) < 4.78 is 13.5. The minimum absolute atomic E-state index is 0.0475. The Labute approximate surface area is 128 Å². The molecule has 0 heterocycles. The number of carboxylic acids is 1. The zero-order valence-corrected chi connectivity index (χ0v) is 12.6. The summed E-state index contributed by atoms with van der Waals surface area (Å²) >= 11 is 0. The van der Waals surface area contributed by atoms with Gasteiger partial charge in [0.05, 0.1) is 6.61 Å². The molecule has 0 aromatic heterocycles. The van der Waals surface area contributed by atoms with Gasteiger partial charge in [0, 0.05) is 31.9 Å². The normalized spacial score (nSPS) is 8.64. The highest BCUT2D eigenvalue weighted by Gasteiger charge is 2.03. The molecule has 0 aromatic carbocycles. The summed E-state index contributed by atoms with van der Waals surface area (Å²) in [6, 6.07) is 0. The molecule has 0 aliphatic heterocycles. The molecule has 124 valence electrons. The van der Waals surface area contributed by atoms with Crippen molar-refractivity contribution in [2.75, 3.05) is 19.8 Å². The van der Waals surface area contributed by atoms with Crippen molar-refractivity contribution in [3.05, 3.63) is 24.8 Å². The van der Waals surface area contributed by atoms with Gasteiger partial charge in [-0.2, -0.15) is 0 Å². The van der Waals surface area contributed by atoms with Gasteiger partial charge in [-0.15, -0.1) is 0 Å². The Morgan fingerprint density at radius 3 is 1.82 bits per heavy atom. The van der Waals surface area contributed by atoms with E-state index in [9.17, 15) is 19.2 Å². The van der Waals surface area contributed by atoms with Gasteiger partial charge < -0.3 is 19.3 Å². The van der Waals surface area contributed by atoms with E-state index in [0.717, 1.165) is 6.08 Å². The molecule has 22 heavy (non-hydrogen) atoms. The fourth-order valence-corrected chi connectivity index (χ4v) is 0.811. The maximum Gasteiger partial charge on any atom is 0.331 e. The maximum atomic E-state index is 10.4. The van der Waals surface area contributed by atoms with E-state index in [-0.39, 0.29) is 37.8 Å². The predicted octanol–water partition coefficient (Wildman–Crippen LogP) is 0.859. The number of carbonyl (C=O) groups is 4. The van der Waals surface area contributed by atoms with Crippen LogP contribution < -0.4 is 0 Å². The summed E-state index contributed by atoms with van der Waals surface area (Å²) in [5.74, 6) is -2.38. The molecule has 0 spiro atoms. The largest absolute Gasteiger partial charge is 0.478 e. The highest BCUT2D eigenvalue weighted by molar-refractivity contribution is 5.85. The van der Waals surface area contributed by atoms with Gasteiger partial charge in [0.1, 0.15) is 13.2 Å². The standard InChI is InChI=1S/2C7H10O4/c1-5(7(9)10)3-4-11-6(2)8;1-3-7(9)11-5-4-10-6(2)8/h1,3-4H2,2H3,(H,9,10);3H,1,4-5H2,2H3. The van der Waals surface area contributed by atoms with E-state index in [1.165, 1.54) is 13.8 Å². The van der Waals surface area contributed by atoms with E-state index >= 15 is 0 Å². The van der Waals surface area contributed by atoms with Crippen molar-refractivity contribution in [2.24, 2.45) is 0 Å². The first-order valence-corrected chi connectivity index (χ1v) is 6.17. The minimum atomic E-state index is -1.06. The molecule has 8 nitrogen and oxygen atoms in total. The highest BCUT2D eigenvalue weighted by Crippen LogP contribution is 1.97. The van der Waals surface area contributed by atoms with Crippen molar-refractivity contribution in [2.45, 2.75) is 20.3 Å². The summed E-state index contributed by atoms with van der Waals surface area (Å²) in [5, 5.41) is 8.31. The lowest BCUT2D eigenvalue weighted by atomic mass is 10.2. The van der Waals surface area contributed by atoms with Crippen molar-refractivity contribution < 1.29 is 38.5 Å². The predicted molar refractivity (Wildman–Crippen MR) is 75.8 cm³/mol. The molecule has 1 N–H and O–H groups in total. The van der Waals surface area contributed by atoms with Crippen LogP contribution in [0.1, 0.15) is 20.3 Å². The molecule has 0 amide bonds. The zero-order valence-electron chi connectivity index (χ0n) is 12.6. The summed E-state index contributed by atoms with van der Waals surface area (Å²) in [7, 11) is 0. The summed E-state index contributed by atoms with van der Waals surface area (Å²) in [6.07, 6.45) is 1.22. The molecule has 0 bridgehead atoms. The molecule has 0 radical (unpaired) electrons. The smallest absolute Gasteiger partial charge is 0.331 e. The second-order valence-electron chi connectivity index (χ2n) is 3.71. The molecule has 0 aliphatic rings. The van der Waals surface area contributed by atoms with Crippen molar-refractivity contribution in [3.63, 3.8) is 0 Å². The molecule has 0 saturated heterocycles. The van der Waals surface area contributed by atoms with E-state index in [0.29, 0.717) is 0 Å². The third kappa shape index (κ3) is 17.4. The Balaban J connectivity index is 0. The minimum Gasteiger partial charge on any atom is -0.478 e. The molecule has 0 unspecified atom stereocenters. The lowest BCUT2D eigenvalue weighted by Gasteiger charge is -2.01.